The monoisotopic (exact) mass is 375 g/mol. The molecule has 0 saturated carbocycles. The topological polar surface area (TPSA) is 49.6 Å². The molecular weight excluding hydrogens is 346 g/mol. The summed E-state index contributed by atoms with van der Waals surface area (Å²) in [4.78, 5) is 17.1. The minimum atomic E-state index is -0.300. The molecule has 2 aromatic carbocycles. The van der Waals surface area contributed by atoms with Gasteiger partial charge in [-0.2, -0.15) is 0 Å². The first-order valence-electron chi connectivity index (χ1n) is 8.77. The first-order chi connectivity index (χ1) is 12.0. The van der Waals surface area contributed by atoms with E-state index in [1.807, 2.05) is 74.4 Å². The first-order valence-corrected chi connectivity index (χ1v) is 8.77. The van der Waals surface area contributed by atoms with Crippen molar-refractivity contribution in [1.82, 2.24) is 9.80 Å². The van der Waals surface area contributed by atoms with Crippen LogP contribution in [-0.4, -0.2) is 42.9 Å². The van der Waals surface area contributed by atoms with E-state index in [0.29, 0.717) is 13.1 Å². The van der Waals surface area contributed by atoms with Crippen LogP contribution >= 0.6 is 12.4 Å². The molecule has 0 saturated heterocycles. The molecule has 0 radical (unpaired) electrons. The second-order valence-corrected chi connectivity index (χ2v) is 6.77. The molecule has 0 aromatic heterocycles. The lowest BCUT2D eigenvalue weighted by Crippen LogP contribution is -2.42. The lowest BCUT2D eigenvalue weighted by atomic mass is 9.94. The molecule has 1 amide bonds. The van der Waals surface area contributed by atoms with E-state index in [-0.39, 0.29) is 30.3 Å². The van der Waals surface area contributed by atoms with E-state index in [0.717, 1.165) is 17.7 Å². The van der Waals surface area contributed by atoms with Gasteiger partial charge in [0.15, 0.2) is 0 Å². The van der Waals surface area contributed by atoms with Crippen LogP contribution < -0.4 is 5.73 Å². The van der Waals surface area contributed by atoms with Crippen molar-refractivity contribution in [2.75, 3.05) is 27.2 Å². The summed E-state index contributed by atoms with van der Waals surface area (Å²) in [6, 6.07) is 19.6. The van der Waals surface area contributed by atoms with Gasteiger partial charge in [0, 0.05) is 25.7 Å². The van der Waals surface area contributed by atoms with Gasteiger partial charge in [-0.15, -0.1) is 12.4 Å². The number of amides is 1. The molecule has 0 aliphatic rings. The highest BCUT2D eigenvalue weighted by Gasteiger charge is 2.26. The van der Waals surface area contributed by atoms with Crippen LogP contribution in [0.5, 0.6) is 0 Å². The van der Waals surface area contributed by atoms with Crippen molar-refractivity contribution >= 4 is 18.3 Å². The normalized spacial score (nSPS) is 13.0. The van der Waals surface area contributed by atoms with E-state index < -0.39 is 0 Å². The number of nitrogens with two attached hydrogens (primary N) is 1. The Morgan fingerprint density at radius 2 is 1.50 bits per heavy atom. The highest BCUT2D eigenvalue weighted by molar-refractivity contribution is 5.85. The van der Waals surface area contributed by atoms with Crippen LogP contribution in [0.3, 0.4) is 0 Å². The molecule has 5 heteroatoms. The summed E-state index contributed by atoms with van der Waals surface area (Å²) in [7, 11) is 4.04. The van der Waals surface area contributed by atoms with Crippen molar-refractivity contribution in [3.63, 3.8) is 0 Å². The number of hydrogen-bond acceptors (Lipinski definition) is 3. The summed E-state index contributed by atoms with van der Waals surface area (Å²) >= 11 is 0. The Kier molecular flexibility index (Phi) is 9.35. The molecule has 0 bridgehead atoms. The number of halogens is 1. The van der Waals surface area contributed by atoms with Gasteiger partial charge < -0.3 is 15.5 Å². The largest absolute Gasteiger partial charge is 0.337 e. The van der Waals surface area contributed by atoms with Crippen LogP contribution in [0.15, 0.2) is 60.7 Å². The maximum Gasteiger partial charge on any atom is 0.227 e. The van der Waals surface area contributed by atoms with Gasteiger partial charge in [-0.1, -0.05) is 67.6 Å². The summed E-state index contributed by atoms with van der Waals surface area (Å²) in [6.45, 7) is 4.05. The molecule has 2 rings (SSSR count). The van der Waals surface area contributed by atoms with Gasteiger partial charge in [-0.05, 0) is 25.2 Å². The molecule has 4 nitrogen and oxygen atoms in total. The highest BCUT2D eigenvalue weighted by atomic mass is 35.5. The molecule has 2 aromatic rings. The molecule has 26 heavy (non-hydrogen) atoms. The number of carbonyl (C=O) groups is 1. The SMILES string of the molecule is CC(C(=O)N(CCN(C)C)Cc1ccccc1)C(N)c1ccccc1.Cl. The van der Waals surface area contributed by atoms with Crippen molar-refractivity contribution in [1.29, 1.82) is 0 Å². The Morgan fingerprint density at radius 3 is 2.04 bits per heavy atom. The molecule has 0 heterocycles. The second-order valence-electron chi connectivity index (χ2n) is 6.77. The Bertz CT molecular complexity index is 649. The Hall–Kier alpha value is -1.88. The molecular formula is C21H30ClN3O. The number of carbonyl (C=O) groups excluding carboxylic acids is 1. The molecule has 2 unspecified atom stereocenters. The fraction of sp³-hybridized carbons (Fsp3) is 0.381. The van der Waals surface area contributed by atoms with Gasteiger partial charge in [0.2, 0.25) is 5.91 Å². The van der Waals surface area contributed by atoms with Crippen LogP contribution in [0.25, 0.3) is 0 Å². The number of likely N-dealkylation sites (N-methyl/N-ethyl adjacent to an activating group) is 1. The predicted molar refractivity (Wildman–Crippen MR) is 110 cm³/mol. The van der Waals surface area contributed by atoms with Gasteiger partial charge in [-0.3, -0.25) is 4.79 Å². The average Bonchev–Trinajstić information content (AvgIpc) is 2.64. The summed E-state index contributed by atoms with van der Waals surface area (Å²) in [5.41, 5.74) is 8.50. The predicted octanol–water partition coefficient (Wildman–Crippen LogP) is 3.33. The zero-order valence-electron chi connectivity index (χ0n) is 15.8. The molecule has 0 aliphatic heterocycles. The minimum absolute atomic E-state index is 0. The number of benzene rings is 2. The van der Waals surface area contributed by atoms with Gasteiger partial charge in [0.05, 0.1) is 5.92 Å². The van der Waals surface area contributed by atoms with Gasteiger partial charge in [0.1, 0.15) is 0 Å². The van der Waals surface area contributed by atoms with E-state index in [1.54, 1.807) is 0 Å². The molecule has 2 atom stereocenters. The number of hydrogen-bond donors (Lipinski definition) is 1. The Labute approximate surface area is 163 Å². The van der Waals surface area contributed by atoms with Crippen LogP contribution in [0.4, 0.5) is 0 Å². The smallest absolute Gasteiger partial charge is 0.227 e. The fourth-order valence-electron chi connectivity index (χ4n) is 2.80. The lowest BCUT2D eigenvalue weighted by Gasteiger charge is -2.29. The third kappa shape index (κ3) is 6.45. The third-order valence-corrected chi connectivity index (χ3v) is 4.46. The van der Waals surface area contributed by atoms with Crippen molar-refractivity contribution in [2.24, 2.45) is 11.7 Å². The van der Waals surface area contributed by atoms with E-state index in [2.05, 4.69) is 17.0 Å². The molecule has 0 aliphatic carbocycles. The maximum atomic E-state index is 13.1. The molecule has 2 N–H and O–H groups in total. The summed E-state index contributed by atoms with van der Waals surface area (Å²) in [5, 5.41) is 0. The quantitative estimate of drug-likeness (QED) is 0.769. The summed E-state index contributed by atoms with van der Waals surface area (Å²) in [6.07, 6.45) is 0. The van der Waals surface area contributed by atoms with Crippen LogP contribution in [-0.2, 0) is 11.3 Å². The van der Waals surface area contributed by atoms with Crippen molar-refractivity contribution in [3.05, 3.63) is 71.8 Å². The van der Waals surface area contributed by atoms with Gasteiger partial charge in [0.25, 0.3) is 0 Å². The number of nitrogens with zero attached hydrogens (tertiary/aromatic N) is 2. The molecule has 0 fully saturated rings. The highest BCUT2D eigenvalue weighted by Crippen LogP contribution is 2.22. The third-order valence-electron chi connectivity index (χ3n) is 4.46. The maximum absolute atomic E-state index is 13.1. The fourth-order valence-corrected chi connectivity index (χ4v) is 2.80. The van der Waals surface area contributed by atoms with Crippen LogP contribution in [0, 0.1) is 5.92 Å². The zero-order chi connectivity index (χ0) is 18.2. The Morgan fingerprint density at radius 1 is 0.962 bits per heavy atom. The summed E-state index contributed by atoms with van der Waals surface area (Å²) in [5.74, 6) is -0.171. The van der Waals surface area contributed by atoms with Crippen molar-refractivity contribution in [3.8, 4) is 0 Å². The standard InChI is InChI=1S/C21H29N3O.ClH/c1-17(20(22)19-12-8-5-9-13-19)21(25)24(15-14-23(2)3)16-18-10-6-4-7-11-18;/h4-13,17,20H,14-16,22H2,1-3H3;1H. The van der Waals surface area contributed by atoms with Crippen molar-refractivity contribution < 1.29 is 4.79 Å². The van der Waals surface area contributed by atoms with Crippen LogP contribution in [0.1, 0.15) is 24.1 Å². The summed E-state index contributed by atoms with van der Waals surface area (Å²) < 4.78 is 0. The molecule has 142 valence electrons. The number of rotatable bonds is 8. The average molecular weight is 376 g/mol. The lowest BCUT2D eigenvalue weighted by molar-refractivity contribution is -0.136. The van der Waals surface area contributed by atoms with Crippen molar-refractivity contribution in [2.45, 2.75) is 19.5 Å². The van der Waals surface area contributed by atoms with E-state index in [4.69, 9.17) is 5.73 Å². The zero-order valence-corrected chi connectivity index (χ0v) is 16.7. The van der Waals surface area contributed by atoms with Gasteiger partial charge >= 0.3 is 0 Å². The van der Waals surface area contributed by atoms with Gasteiger partial charge in [-0.25, -0.2) is 0 Å². The first kappa shape index (κ1) is 22.2. The molecule has 0 spiro atoms. The minimum Gasteiger partial charge on any atom is -0.337 e. The van der Waals surface area contributed by atoms with Crippen LogP contribution in [0.2, 0.25) is 0 Å². The van der Waals surface area contributed by atoms with E-state index >= 15 is 0 Å². The second kappa shape index (κ2) is 11.0. The Balaban J connectivity index is 0.00000338. The van der Waals surface area contributed by atoms with E-state index in [1.165, 1.54) is 0 Å². The van der Waals surface area contributed by atoms with E-state index in [9.17, 15) is 4.79 Å².